The summed E-state index contributed by atoms with van der Waals surface area (Å²) in [7, 11) is 3.16. The normalized spacial score (nSPS) is 11.6. The summed E-state index contributed by atoms with van der Waals surface area (Å²) in [6.07, 6.45) is 5.22. The lowest BCUT2D eigenvalue weighted by Gasteiger charge is -2.10. The number of hydrogen-bond acceptors (Lipinski definition) is 4. The smallest absolute Gasteiger partial charge is 0.310 e. The number of fused-ring (bicyclic) bond motifs is 5. The monoisotopic (exact) mass is 357 g/mol. The van der Waals surface area contributed by atoms with Gasteiger partial charge in [0.05, 0.1) is 33.1 Å². The van der Waals surface area contributed by atoms with E-state index >= 15 is 0 Å². The molecule has 0 aliphatic rings. The molecule has 4 aromatic heterocycles. The summed E-state index contributed by atoms with van der Waals surface area (Å²) < 4.78 is 4.57. The van der Waals surface area contributed by atoms with E-state index in [4.69, 9.17) is 4.98 Å². The first-order valence-corrected chi connectivity index (χ1v) is 8.48. The van der Waals surface area contributed by atoms with Crippen LogP contribution in [0.1, 0.15) is 0 Å². The molecule has 0 saturated carbocycles. The molecular formula is C20H15N5O2. The molecule has 0 atom stereocenters. The number of aryl methyl sites for hydroxylation is 1. The fourth-order valence-electron chi connectivity index (χ4n) is 3.64. The number of hydrogen-bond donors (Lipinski definition) is 0. The summed E-state index contributed by atoms with van der Waals surface area (Å²) in [5.74, 6) is 0. The third-order valence-corrected chi connectivity index (χ3v) is 4.96. The molecule has 0 bridgehead atoms. The van der Waals surface area contributed by atoms with Gasteiger partial charge in [-0.05, 0) is 24.3 Å². The number of para-hydroxylation sites is 2. The molecule has 1 aromatic carbocycles. The van der Waals surface area contributed by atoms with Crippen molar-refractivity contribution in [3.05, 3.63) is 75.8 Å². The fourth-order valence-corrected chi connectivity index (χ4v) is 3.64. The zero-order valence-electron chi connectivity index (χ0n) is 14.7. The second-order valence-electron chi connectivity index (χ2n) is 6.51. The topological polar surface area (TPSA) is 74.2 Å². The van der Waals surface area contributed by atoms with Crippen molar-refractivity contribution in [1.29, 1.82) is 0 Å². The summed E-state index contributed by atoms with van der Waals surface area (Å²) >= 11 is 0. The van der Waals surface area contributed by atoms with Crippen LogP contribution in [0.15, 0.2) is 64.6 Å². The van der Waals surface area contributed by atoms with Crippen molar-refractivity contribution in [2.75, 3.05) is 0 Å². The SMILES string of the molecule is Cn1c(=O)c2cn3c4ccccc4nc(-c4cccnc4)c3c2n(C)c1=O. The Morgan fingerprint density at radius 3 is 2.52 bits per heavy atom. The third-order valence-electron chi connectivity index (χ3n) is 4.96. The average molecular weight is 357 g/mol. The van der Waals surface area contributed by atoms with Gasteiger partial charge in [-0.25, -0.2) is 9.78 Å². The predicted octanol–water partition coefficient (Wildman–Crippen LogP) is 2.10. The van der Waals surface area contributed by atoms with Gasteiger partial charge in [0.2, 0.25) is 0 Å². The Hall–Kier alpha value is -3.74. The highest BCUT2D eigenvalue weighted by Crippen LogP contribution is 2.31. The van der Waals surface area contributed by atoms with Crippen molar-refractivity contribution in [3.63, 3.8) is 0 Å². The van der Waals surface area contributed by atoms with Crippen LogP contribution in [0.25, 0.3) is 38.7 Å². The number of aromatic nitrogens is 5. The van der Waals surface area contributed by atoms with E-state index in [0.29, 0.717) is 22.1 Å². The Labute approximate surface area is 152 Å². The van der Waals surface area contributed by atoms with Crippen LogP contribution < -0.4 is 11.2 Å². The van der Waals surface area contributed by atoms with Gasteiger partial charge in [0, 0.05) is 38.2 Å². The van der Waals surface area contributed by atoms with E-state index in [-0.39, 0.29) is 11.2 Å². The molecule has 0 unspecified atom stereocenters. The van der Waals surface area contributed by atoms with Gasteiger partial charge in [-0.3, -0.25) is 18.9 Å². The van der Waals surface area contributed by atoms with Gasteiger partial charge in [0.25, 0.3) is 5.56 Å². The zero-order valence-corrected chi connectivity index (χ0v) is 14.7. The van der Waals surface area contributed by atoms with E-state index in [1.54, 1.807) is 25.6 Å². The van der Waals surface area contributed by atoms with Crippen molar-refractivity contribution >= 4 is 27.5 Å². The van der Waals surface area contributed by atoms with Crippen molar-refractivity contribution < 1.29 is 0 Å². The quantitative estimate of drug-likeness (QED) is 0.460. The predicted molar refractivity (Wildman–Crippen MR) is 104 cm³/mol. The first kappa shape index (κ1) is 15.5. The van der Waals surface area contributed by atoms with Crippen molar-refractivity contribution in [2.24, 2.45) is 14.1 Å². The first-order chi connectivity index (χ1) is 13.1. The van der Waals surface area contributed by atoms with Crippen LogP contribution >= 0.6 is 0 Å². The molecule has 0 fully saturated rings. The summed E-state index contributed by atoms with van der Waals surface area (Å²) in [5.41, 5.74) is 3.76. The lowest BCUT2D eigenvalue weighted by atomic mass is 10.1. The molecular weight excluding hydrogens is 342 g/mol. The molecule has 5 aromatic rings. The second kappa shape index (κ2) is 5.38. The fraction of sp³-hybridized carbons (Fsp3) is 0.100. The molecule has 0 amide bonds. The number of rotatable bonds is 1. The minimum atomic E-state index is -0.370. The van der Waals surface area contributed by atoms with Gasteiger partial charge in [-0.15, -0.1) is 0 Å². The van der Waals surface area contributed by atoms with E-state index in [0.717, 1.165) is 21.2 Å². The molecule has 5 rings (SSSR count). The molecule has 0 aliphatic carbocycles. The second-order valence-corrected chi connectivity index (χ2v) is 6.51. The Bertz CT molecular complexity index is 1480. The maximum absolute atomic E-state index is 12.8. The van der Waals surface area contributed by atoms with Gasteiger partial charge in [0.1, 0.15) is 0 Å². The van der Waals surface area contributed by atoms with E-state index < -0.39 is 0 Å². The van der Waals surface area contributed by atoms with Gasteiger partial charge in [-0.2, -0.15) is 0 Å². The van der Waals surface area contributed by atoms with Crippen LogP contribution in [-0.4, -0.2) is 23.5 Å². The van der Waals surface area contributed by atoms with Crippen molar-refractivity contribution in [2.45, 2.75) is 0 Å². The zero-order chi connectivity index (χ0) is 18.7. The summed E-state index contributed by atoms with van der Waals surface area (Å²) in [6, 6.07) is 11.5. The van der Waals surface area contributed by atoms with E-state index in [2.05, 4.69) is 4.98 Å². The Morgan fingerprint density at radius 2 is 1.74 bits per heavy atom. The Kier molecular flexibility index (Phi) is 3.09. The largest absolute Gasteiger partial charge is 0.331 e. The molecule has 27 heavy (non-hydrogen) atoms. The minimum Gasteiger partial charge on any atom is -0.310 e. The van der Waals surface area contributed by atoms with Gasteiger partial charge < -0.3 is 4.40 Å². The molecule has 7 nitrogen and oxygen atoms in total. The Balaban J connectivity index is 2.15. The highest BCUT2D eigenvalue weighted by atomic mass is 16.2. The number of benzene rings is 1. The standard InChI is InChI=1S/C20H15N5O2/c1-23-17-13(19(26)24(2)20(23)27)11-25-15-8-4-3-7-14(15)22-16(18(17)25)12-6-5-9-21-10-12/h3-11H,1-2H3. The molecule has 0 radical (unpaired) electrons. The lowest BCUT2D eigenvalue weighted by Crippen LogP contribution is -2.36. The first-order valence-electron chi connectivity index (χ1n) is 8.48. The van der Waals surface area contributed by atoms with E-state index in [1.807, 2.05) is 40.8 Å². The van der Waals surface area contributed by atoms with E-state index in [9.17, 15) is 9.59 Å². The third kappa shape index (κ3) is 2.02. The molecule has 0 N–H and O–H groups in total. The van der Waals surface area contributed by atoms with Gasteiger partial charge in [0.15, 0.2) is 0 Å². The average Bonchev–Trinajstić information content (AvgIpc) is 3.12. The summed E-state index contributed by atoms with van der Waals surface area (Å²) in [6.45, 7) is 0. The number of nitrogens with zero attached hydrogens (tertiary/aromatic N) is 5. The van der Waals surface area contributed by atoms with Crippen molar-refractivity contribution in [1.82, 2.24) is 23.5 Å². The van der Waals surface area contributed by atoms with Crippen LogP contribution in [0, 0.1) is 0 Å². The molecule has 132 valence electrons. The van der Waals surface area contributed by atoms with E-state index in [1.165, 1.54) is 11.6 Å². The van der Waals surface area contributed by atoms with Crippen LogP contribution in [0.2, 0.25) is 0 Å². The van der Waals surface area contributed by atoms with Crippen LogP contribution in [0.4, 0.5) is 0 Å². The molecule has 0 spiro atoms. The molecule has 4 heterocycles. The molecule has 0 aliphatic heterocycles. The van der Waals surface area contributed by atoms with Crippen LogP contribution in [0.5, 0.6) is 0 Å². The molecule has 0 saturated heterocycles. The maximum Gasteiger partial charge on any atom is 0.331 e. The van der Waals surface area contributed by atoms with Crippen LogP contribution in [-0.2, 0) is 14.1 Å². The van der Waals surface area contributed by atoms with Gasteiger partial charge >= 0.3 is 5.69 Å². The minimum absolute atomic E-state index is 0.321. The highest BCUT2D eigenvalue weighted by molar-refractivity contribution is 6.04. The van der Waals surface area contributed by atoms with Crippen molar-refractivity contribution in [3.8, 4) is 11.3 Å². The number of pyridine rings is 1. The summed E-state index contributed by atoms with van der Waals surface area (Å²) in [4.78, 5) is 34.3. The van der Waals surface area contributed by atoms with Gasteiger partial charge in [-0.1, -0.05) is 12.1 Å². The summed E-state index contributed by atoms with van der Waals surface area (Å²) in [5, 5.41) is 0.475. The maximum atomic E-state index is 12.8. The highest BCUT2D eigenvalue weighted by Gasteiger charge is 2.19. The van der Waals surface area contributed by atoms with Crippen LogP contribution in [0.3, 0.4) is 0 Å². The molecule has 7 heteroatoms. The Morgan fingerprint density at radius 1 is 0.926 bits per heavy atom. The lowest BCUT2D eigenvalue weighted by molar-refractivity contribution is 0.715.